The summed E-state index contributed by atoms with van der Waals surface area (Å²) in [5, 5.41) is 0. The van der Waals surface area contributed by atoms with Crippen molar-refractivity contribution < 1.29 is 9.13 Å². The fourth-order valence-electron chi connectivity index (χ4n) is 1.62. The molecule has 4 nitrogen and oxygen atoms in total. The normalized spacial score (nSPS) is 9.94. The maximum absolute atomic E-state index is 2.21. The van der Waals surface area contributed by atoms with Crippen molar-refractivity contribution in [1.29, 1.82) is 0 Å². The molecule has 0 saturated carbocycles. The van der Waals surface area contributed by atoms with Gasteiger partial charge in [0.1, 0.15) is 24.8 Å². The Morgan fingerprint density at radius 3 is 2.00 bits per heavy atom. The molecule has 0 unspecified atom stereocenters. The highest BCUT2D eigenvalue weighted by atomic mass is 15.1. The molecule has 4 heteroatoms. The van der Waals surface area contributed by atoms with Crippen LogP contribution in [0.25, 0.3) is 0 Å². The van der Waals surface area contributed by atoms with E-state index >= 15 is 0 Å². The van der Waals surface area contributed by atoms with Gasteiger partial charge in [0.2, 0.25) is 6.33 Å². The Morgan fingerprint density at radius 2 is 1.76 bits per heavy atom. The van der Waals surface area contributed by atoms with E-state index in [1.807, 2.05) is 17.8 Å². The molecule has 94 valence electrons. The smallest absolute Gasteiger partial charge is 0.240 e. The third kappa shape index (κ3) is 3.73. The molecule has 0 N–H and O–H groups in total. The Morgan fingerprint density at radius 1 is 1.06 bits per heavy atom. The maximum atomic E-state index is 2.21. The van der Waals surface area contributed by atoms with Crippen LogP contribution in [0.1, 0.15) is 19.7 Å². The first-order valence-corrected chi connectivity index (χ1v) is 6.10. The van der Waals surface area contributed by atoms with E-state index in [4.69, 9.17) is 0 Å². The highest BCUT2D eigenvalue weighted by molar-refractivity contribution is 4.77. The topological polar surface area (TPSA) is 17.6 Å². The number of aryl methyl sites for hydroxylation is 4. The first-order valence-electron chi connectivity index (χ1n) is 6.10. The molecule has 0 amide bonds. The number of hydrogen-bond acceptors (Lipinski definition) is 0. The number of rotatable bonds is 2. The molecule has 0 spiro atoms. The predicted molar refractivity (Wildman–Crippen MR) is 67.3 cm³/mol. The van der Waals surface area contributed by atoms with E-state index in [2.05, 4.69) is 66.4 Å². The number of hydrogen-bond donors (Lipinski definition) is 0. The summed E-state index contributed by atoms with van der Waals surface area (Å²) in [5.41, 5.74) is 0. The van der Waals surface area contributed by atoms with E-state index in [9.17, 15) is 0 Å². The molecule has 0 aliphatic heterocycles. The average molecular weight is 236 g/mol. The van der Waals surface area contributed by atoms with E-state index in [-0.39, 0.29) is 0 Å². The third-order valence-corrected chi connectivity index (χ3v) is 2.93. The van der Waals surface area contributed by atoms with E-state index in [0.717, 1.165) is 13.1 Å². The van der Waals surface area contributed by atoms with Crippen LogP contribution in [0.4, 0.5) is 0 Å². The van der Waals surface area contributed by atoms with Gasteiger partial charge in [0.25, 0.3) is 5.82 Å². The predicted octanol–water partition coefficient (Wildman–Crippen LogP) is 0.973. The Labute approximate surface area is 104 Å². The molecule has 0 radical (unpaired) electrons. The van der Waals surface area contributed by atoms with Crippen LogP contribution < -0.4 is 9.13 Å². The minimum atomic E-state index is 1.06. The highest BCUT2D eigenvalue weighted by Crippen LogP contribution is 1.89. The van der Waals surface area contributed by atoms with Crippen molar-refractivity contribution in [3.63, 3.8) is 0 Å². The third-order valence-electron chi connectivity index (χ3n) is 2.93. The lowest BCUT2D eigenvalue weighted by Crippen LogP contribution is -2.29. The van der Waals surface area contributed by atoms with Crippen LogP contribution in [0.3, 0.4) is 0 Å². The lowest BCUT2D eigenvalue weighted by molar-refractivity contribution is -0.677. The van der Waals surface area contributed by atoms with Gasteiger partial charge in [-0.05, 0) is 13.8 Å². The molecular weight excluding hydrogens is 212 g/mol. The van der Waals surface area contributed by atoms with Crippen LogP contribution in [-0.4, -0.2) is 9.13 Å². The van der Waals surface area contributed by atoms with E-state index in [1.165, 1.54) is 5.82 Å². The van der Waals surface area contributed by atoms with Gasteiger partial charge in [0.15, 0.2) is 0 Å². The molecule has 2 rings (SSSR count). The molecule has 0 atom stereocenters. The van der Waals surface area contributed by atoms with Gasteiger partial charge in [-0.3, -0.25) is 0 Å². The van der Waals surface area contributed by atoms with Crippen molar-refractivity contribution in [2.24, 2.45) is 14.1 Å². The van der Waals surface area contributed by atoms with Crippen LogP contribution in [0.5, 0.6) is 0 Å². The minimum Gasteiger partial charge on any atom is -0.240 e. The first kappa shape index (κ1) is 13.5. The Bertz CT molecular complexity index is 454. The van der Waals surface area contributed by atoms with Crippen LogP contribution in [0.2, 0.25) is 0 Å². The average Bonchev–Trinajstić information content (AvgIpc) is 2.88. The molecule has 2 aromatic heterocycles. The zero-order valence-electron chi connectivity index (χ0n) is 11.6. The molecule has 0 aliphatic rings. The largest absolute Gasteiger partial charge is 0.252 e. The summed E-state index contributed by atoms with van der Waals surface area (Å²) < 4.78 is 8.48. The van der Waals surface area contributed by atoms with Gasteiger partial charge in [0.05, 0.1) is 27.2 Å². The fraction of sp³-hybridized carbons (Fsp3) is 0.538. The van der Waals surface area contributed by atoms with E-state index in [1.54, 1.807) is 0 Å². The molecule has 0 bridgehead atoms. The van der Waals surface area contributed by atoms with Gasteiger partial charge in [-0.2, -0.15) is 0 Å². The quantitative estimate of drug-likeness (QED) is 0.692. The summed E-state index contributed by atoms with van der Waals surface area (Å²) in [7, 11) is 4.08. The van der Waals surface area contributed by atoms with Crippen molar-refractivity contribution >= 4 is 0 Å². The van der Waals surface area contributed by atoms with E-state index in [0.29, 0.717) is 0 Å². The van der Waals surface area contributed by atoms with Gasteiger partial charge in [-0.15, -0.1) is 0 Å². The van der Waals surface area contributed by atoms with Gasteiger partial charge < -0.3 is 0 Å². The Hall–Kier alpha value is -1.58. The Balaban J connectivity index is 0.000000171. The lowest BCUT2D eigenvalue weighted by Gasteiger charge is -1.90. The second kappa shape index (κ2) is 6.23. The van der Waals surface area contributed by atoms with Crippen molar-refractivity contribution in [3.8, 4) is 0 Å². The Kier molecular flexibility index (Phi) is 4.94. The molecule has 2 aromatic rings. The molecule has 0 fully saturated rings. The van der Waals surface area contributed by atoms with Crippen molar-refractivity contribution in [3.05, 3.63) is 36.9 Å². The van der Waals surface area contributed by atoms with Crippen LogP contribution in [0, 0.1) is 6.92 Å². The number of aromatic nitrogens is 4. The molecule has 0 aliphatic carbocycles. The fourth-order valence-corrected chi connectivity index (χ4v) is 1.62. The van der Waals surface area contributed by atoms with E-state index < -0.39 is 0 Å². The zero-order chi connectivity index (χ0) is 12.8. The van der Waals surface area contributed by atoms with Crippen molar-refractivity contribution in [1.82, 2.24) is 9.13 Å². The second-order valence-electron chi connectivity index (χ2n) is 4.15. The van der Waals surface area contributed by atoms with Gasteiger partial charge in [0, 0.05) is 6.92 Å². The highest BCUT2D eigenvalue weighted by Gasteiger charge is 2.04. The zero-order valence-corrected chi connectivity index (χ0v) is 11.6. The van der Waals surface area contributed by atoms with Crippen LogP contribution >= 0.6 is 0 Å². The number of nitrogens with zero attached hydrogens (tertiary/aromatic N) is 4. The second-order valence-corrected chi connectivity index (χ2v) is 4.15. The van der Waals surface area contributed by atoms with Gasteiger partial charge >= 0.3 is 0 Å². The summed E-state index contributed by atoms with van der Waals surface area (Å²) in [4.78, 5) is 0. The SMILES string of the molecule is CCn1cc[n+](C)c1.CCn1cc[n+](C)c1C. The monoisotopic (exact) mass is 236 g/mol. The summed E-state index contributed by atoms with van der Waals surface area (Å²) in [6.07, 6.45) is 10.3. The van der Waals surface area contributed by atoms with Gasteiger partial charge in [-0.25, -0.2) is 18.3 Å². The maximum Gasteiger partial charge on any atom is 0.252 e. The van der Waals surface area contributed by atoms with Crippen LogP contribution in [0.15, 0.2) is 31.1 Å². The molecule has 0 saturated heterocycles. The molecule has 2 heterocycles. The first-order chi connectivity index (χ1) is 8.08. The van der Waals surface area contributed by atoms with Crippen LogP contribution in [-0.2, 0) is 27.2 Å². The molecular formula is C13H24N4+2. The van der Waals surface area contributed by atoms with Crippen molar-refractivity contribution in [2.75, 3.05) is 0 Å². The van der Waals surface area contributed by atoms with Gasteiger partial charge in [-0.1, -0.05) is 0 Å². The van der Waals surface area contributed by atoms with Crippen molar-refractivity contribution in [2.45, 2.75) is 33.9 Å². The minimum absolute atomic E-state index is 1.06. The summed E-state index contributed by atoms with van der Waals surface area (Å²) in [5.74, 6) is 1.30. The molecule has 0 aromatic carbocycles. The number of imidazole rings is 2. The standard InChI is InChI=1S/C7H13N2.C6H11N2/c1-4-9-6-5-8(3)7(9)2;1-3-8-5-4-7(2)6-8/h5-6H,4H2,1-3H3;4-6H,3H2,1-2H3/q2*+1. The summed E-state index contributed by atoms with van der Waals surface area (Å²) in [6.45, 7) is 8.50. The lowest BCUT2D eigenvalue weighted by atomic mass is 10.6. The summed E-state index contributed by atoms with van der Waals surface area (Å²) >= 11 is 0. The summed E-state index contributed by atoms with van der Waals surface area (Å²) in [6, 6.07) is 0. The molecule has 17 heavy (non-hydrogen) atoms.